The van der Waals surface area contributed by atoms with Gasteiger partial charge in [0.2, 0.25) is 0 Å². The molecule has 0 aliphatic heterocycles. The number of hydrogen-bond donors (Lipinski definition) is 2. The third-order valence-corrected chi connectivity index (χ3v) is 3.20. The number of hydrogen-bond acceptors (Lipinski definition) is 2. The van der Waals surface area contributed by atoms with E-state index in [9.17, 15) is 0 Å². The third-order valence-electron chi connectivity index (χ3n) is 3.20. The van der Waals surface area contributed by atoms with Crippen molar-refractivity contribution < 1.29 is 0 Å². The van der Waals surface area contributed by atoms with E-state index in [0.29, 0.717) is 6.04 Å². The Balaban J connectivity index is 2.60. The van der Waals surface area contributed by atoms with Crippen LogP contribution in [-0.2, 0) is 0 Å². The third kappa shape index (κ3) is 3.76. The van der Waals surface area contributed by atoms with E-state index in [0.717, 1.165) is 23.7 Å². The largest absolute Gasteiger partial charge is 0.397 e. The summed E-state index contributed by atoms with van der Waals surface area (Å²) in [4.78, 5) is 0. The lowest BCUT2D eigenvalue weighted by molar-refractivity contribution is 0.462. The zero-order chi connectivity index (χ0) is 12.0. The molecule has 0 heterocycles. The van der Waals surface area contributed by atoms with E-state index in [1.54, 1.807) is 0 Å². The Labute approximate surface area is 99.2 Å². The summed E-state index contributed by atoms with van der Waals surface area (Å²) in [5.41, 5.74) is 7.83. The van der Waals surface area contributed by atoms with Gasteiger partial charge in [0.1, 0.15) is 0 Å². The Morgan fingerprint density at radius 1 is 1.19 bits per heavy atom. The molecule has 0 saturated heterocycles. The van der Waals surface area contributed by atoms with Gasteiger partial charge in [0.25, 0.3) is 0 Å². The first kappa shape index (κ1) is 12.9. The second-order valence-electron chi connectivity index (χ2n) is 4.59. The van der Waals surface area contributed by atoms with Crippen molar-refractivity contribution in [3.8, 4) is 0 Å². The average Bonchev–Trinajstić information content (AvgIpc) is 2.30. The van der Waals surface area contributed by atoms with Crippen LogP contribution in [0.15, 0.2) is 24.3 Å². The molecule has 90 valence electrons. The molecule has 0 aliphatic carbocycles. The van der Waals surface area contributed by atoms with Gasteiger partial charge in [-0.2, -0.15) is 0 Å². The minimum Gasteiger partial charge on any atom is -0.397 e. The Bertz CT molecular complexity index is 309. The summed E-state index contributed by atoms with van der Waals surface area (Å²) in [6.45, 7) is 6.77. The fourth-order valence-electron chi connectivity index (χ4n) is 1.83. The smallest absolute Gasteiger partial charge is 0.0576 e. The van der Waals surface area contributed by atoms with E-state index in [-0.39, 0.29) is 0 Å². The van der Waals surface area contributed by atoms with Crippen LogP contribution in [-0.4, -0.2) is 6.04 Å². The van der Waals surface area contributed by atoms with Gasteiger partial charge < -0.3 is 11.1 Å². The van der Waals surface area contributed by atoms with Gasteiger partial charge in [-0.1, -0.05) is 39.3 Å². The van der Waals surface area contributed by atoms with E-state index in [2.05, 4.69) is 32.2 Å². The maximum Gasteiger partial charge on any atom is 0.0576 e. The molecule has 2 heteroatoms. The highest BCUT2D eigenvalue weighted by molar-refractivity contribution is 5.65. The molecule has 0 spiro atoms. The van der Waals surface area contributed by atoms with Gasteiger partial charge >= 0.3 is 0 Å². The van der Waals surface area contributed by atoms with E-state index in [1.165, 1.54) is 12.8 Å². The molecule has 1 aromatic carbocycles. The first-order valence-electron chi connectivity index (χ1n) is 6.28. The minimum atomic E-state index is 0.527. The zero-order valence-corrected chi connectivity index (χ0v) is 10.7. The molecule has 2 atom stereocenters. The van der Waals surface area contributed by atoms with Gasteiger partial charge in [0.05, 0.1) is 11.4 Å². The molecule has 1 aromatic rings. The molecule has 0 saturated carbocycles. The number of benzene rings is 1. The molecular formula is C14H24N2. The molecule has 2 unspecified atom stereocenters. The van der Waals surface area contributed by atoms with Crippen molar-refractivity contribution >= 4 is 11.4 Å². The Kier molecular flexibility index (Phi) is 5.17. The summed E-state index contributed by atoms with van der Waals surface area (Å²) in [5.74, 6) is 0.766. The van der Waals surface area contributed by atoms with E-state index in [4.69, 9.17) is 5.73 Å². The van der Waals surface area contributed by atoms with Crippen molar-refractivity contribution in [1.82, 2.24) is 0 Å². The number of rotatable bonds is 6. The van der Waals surface area contributed by atoms with Gasteiger partial charge in [0, 0.05) is 6.04 Å². The van der Waals surface area contributed by atoms with Crippen LogP contribution in [0, 0.1) is 5.92 Å². The number of nitrogens with two attached hydrogens (primary N) is 1. The number of nitrogen functional groups attached to an aromatic ring is 1. The maximum absolute atomic E-state index is 5.92. The van der Waals surface area contributed by atoms with Crippen LogP contribution in [0.3, 0.4) is 0 Å². The first-order valence-corrected chi connectivity index (χ1v) is 6.28. The minimum absolute atomic E-state index is 0.527. The van der Waals surface area contributed by atoms with Crippen LogP contribution in [0.5, 0.6) is 0 Å². The van der Waals surface area contributed by atoms with E-state index in [1.807, 2.05) is 18.2 Å². The molecule has 0 radical (unpaired) electrons. The summed E-state index contributed by atoms with van der Waals surface area (Å²) < 4.78 is 0. The van der Waals surface area contributed by atoms with E-state index >= 15 is 0 Å². The topological polar surface area (TPSA) is 38.0 Å². The molecule has 0 amide bonds. The predicted molar refractivity (Wildman–Crippen MR) is 72.6 cm³/mol. The molecule has 0 bridgehead atoms. The summed E-state index contributed by atoms with van der Waals surface area (Å²) >= 11 is 0. The fraction of sp³-hybridized carbons (Fsp3) is 0.571. The molecule has 0 aliphatic rings. The summed E-state index contributed by atoms with van der Waals surface area (Å²) in [6.07, 6.45) is 3.59. The lowest BCUT2D eigenvalue weighted by atomic mass is 9.97. The van der Waals surface area contributed by atoms with Gasteiger partial charge in [-0.25, -0.2) is 0 Å². The second kappa shape index (κ2) is 6.41. The standard InChI is InChI=1S/C14H24N2/c1-4-11(3)10-12(5-2)16-14-9-7-6-8-13(14)15/h6-9,11-12,16H,4-5,10,15H2,1-3H3. The molecule has 1 rings (SSSR count). The number of para-hydroxylation sites is 2. The van der Waals surface area contributed by atoms with Crippen molar-refractivity contribution in [1.29, 1.82) is 0 Å². The van der Waals surface area contributed by atoms with Crippen LogP contribution in [0.25, 0.3) is 0 Å². The highest BCUT2D eigenvalue weighted by Crippen LogP contribution is 2.21. The Morgan fingerprint density at radius 2 is 1.88 bits per heavy atom. The van der Waals surface area contributed by atoms with Crippen molar-refractivity contribution in [2.45, 2.75) is 46.1 Å². The average molecular weight is 220 g/mol. The van der Waals surface area contributed by atoms with Gasteiger partial charge in [-0.05, 0) is 30.9 Å². The van der Waals surface area contributed by atoms with Crippen molar-refractivity contribution in [2.75, 3.05) is 11.1 Å². The molecular weight excluding hydrogens is 196 g/mol. The quantitative estimate of drug-likeness (QED) is 0.714. The van der Waals surface area contributed by atoms with Gasteiger partial charge in [0.15, 0.2) is 0 Å². The van der Waals surface area contributed by atoms with Crippen LogP contribution in [0.1, 0.15) is 40.0 Å². The van der Waals surface area contributed by atoms with Crippen LogP contribution in [0.4, 0.5) is 11.4 Å². The monoisotopic (exact) mass is 220 g/mol. The Morgan fingerprint density at radius 3 is 2.44 bits per heavy atom. The Hall–Kier alpha value is -1.18. The van der Waals surface area contributed by atoms with E-state index < -0.39 is 0 Å². The van der Waals surface area contributed by atoms with Crippen molar-refractivity contribution in [3.63, 3.8) is 0 Å². The molecule has 0 fully saturated rings. The van der Waals surface area contributed by atoms with Crippen LogP contribution < -0.4 is 11.1 Å². The lowest BCUT2D eigenvalue weighted by Crippen LogP contribution is -2.21. The first-order chi connectivity index (χ1) is 7.67. The molecule has 3 N–H and O–H groups in total. The molecule has 0 aromatic heterocycles. The van der Waals surface area contributed by atoms with Crippen molar-refractivity contribution in [2.24, 2.45) is 5.92 Å². The molecule has 2 nitrogen and oxygen atoms in total. The number of nitrogens with one attached hydrogen (secondary N) is 1. The van der Waals surface area contributed by atoms with Crippen LogP contribution in [0.2, 0.25) is 0 Å². The normalized spacial score (nSPS) is 14.4. The summed E-state index contributed by atoms with van der Waals surface area (Å²) in [7, 11) is 0. The maximum atomic E-state index is 5.92. The second-order valence-corrected chi connectivity index (χ2v) is 4.59. The predicted octanol–water partition coefficient (Wildman–Crippen LogP) is 3.90. The number of anilines is 2. The fourth-order valence-corrected chi connectivity index (χ4v) is 1.83. The lowest BCUT2D eigenvalue weighted by Gasteiger charge is -2.22. The summed E-state index contributed by atoms with van der Waals surface area (Å²) in [5, 5.41) is 3.54. The van der Waals surface area contributed by atoms with Gasteiger partial charge in [-0.3, -0.25) is 0 Å². The SMILES string of the molecule is CCC(C)CC(CC)Nc1ccccc1N. The van der Waals surface area contributed by atoms with Crippen molar-refractivity contribution in [3.05, 3.63) is 24.3 Å². The summed E-state index contributed by atoms with van der Waals surface area (Å²) in [6, 6.07) is 8.51. The highest BCUT2D eigenvalue weighted by Gasteiger charge is 2.11. The zero-order valence-electron chi connectivity index (χ0n) is 10.7. The van der Waals surface area contributed by atoms with Crippen LogP contribution >= 0.6 is 0 Å². The molecule has 16 heavy (non-hydrogen) atoms. The van der Waals surface area contributed by atoms with Gasteiger partial charge in [-0.15, -0.1) is 0 Å². The highest BCUT2D eigenvalue weighted by atomic mass is 14.9.